The number of thiocarbonyl (C=S) groups is 1. The maximum absolute atomic E-state index is 13.0. The molecule has 0 aliphatic carbocycles. The highest BCUT2D eigenvalue weighted by Crippen LogP contribution is 2.31. The SMILES string of the molecule is COc1cc(OC)cc(C(=O)Nc2ccc(C3NC(=S)N(C)C(C)=C3C(=O)OCC(C)C)cc2)c1. The molecule has 3 rings (SSSR count). The average Bonchev–Trinajstić information content (AvgIpc) is 2.85. The minimum Gasteiger partial charge on any atom is -0.497 e. The van der Waals surface area contributed by atoms with E-state index in [-0.39, 0.29) is 17.8 Å². The van der Waals surface area contributed by atoms with E-state index >= 15 is 0 Å². The molecule has 8 nitrogen and oxygen atoms in total. The summed E-state index contributed by atoms with van der Waals surface area (Å²) < 4.78 is 16.0. The zero-order valence-corrected chi connectivity index (χ0v) is 21.6. The summed E-state index contributed by atoms with van der Waals surface area (Å²) >= 11 is 5.46. The van der Waals surface area contributed by atoms with Crippen LogP contribution in [0.2, 0.25) is 0 Å². The van der Waals surface area contributed by atoms with Gasteiger partial charge in [-0.2, -0.15) is 0 Å². The van der Waals surface area contributed by atoms with Crippen LogP contribution in [0.1, 0.15) is 42.7 Å². The highest BCUT2D eigenvalue weighted by molar-refractivity contribution is 7.80. The molecule has 0 aromatic heterocycles. The van der Waals surface area contributed by atoms with Crippen LogP contribution in [0.25, 0.3) is 0 Å². The number of carbonyl (C=O) groups excluding carboxylic acids is 2. The number of hydrogen-bond acceptors (Lipinski definition) is 6. The minimum atomic E-state index is -0.467. The summed E-state index contributed by atoms with van der Waals surface area (Å²) in [6.07, 6.45) is 0. The number of methoxy groups -OCH3 is 2. The highest BCUT2D eigenvalue weighted by atomic mass is 32.1. The van der Waals surface area contributed by atoms with Crippen LogP contribution in [0, 0.1) is 5.92 Å². The van der Waals surface area contributed by atoms with Crippen LogP contribution in [-0.2, 0) is 9.53 Å². The predicted octanol–water partition coefficient (Wildman–Crippen LogP) is 4.29. The lowest BCUT2D eigenvalue weighted by molar-refractivity contribution is -0.140. The van der Waals surface area contributed by atoms with E-state index in [0.29, 0.717) is 40.0 Å². The molecular weight excluding hydrogens is 466 g/mol. The Morgan fingerprint density at radius 3 is 2.23 bits per heavy atom. The minimum absolute atomic E-state index is 0.223. The number of nitrogens with one attached hydrogen (secondary N) is 2. The molecular formula is C26H31N3O5S. The van der Waals surface area contributed by atoms with Crippen LogP contribution in [0.15, 0.2) is 53.7 Å². The van der Waals surface area contributed by atoms with Crippen LogP contribution >= 0.6 is 12.2 Å². The summed E-state index contributed by atoms with van der Waals surface area (Å²) in [5.41, 5.74) is 3.05. The summed E-state index contributed by atoms with van der Waals surface area (Å²) in [6.45, 7) is 6.15. The Bertz CT molecular complexity index is 1120. The normalized spacial score (nSPS) is 15.6. The van der Waals surface area contributed by atoms with E-state index in [9.17, 15) is 9.59 Å². The van der Waals surface area contributed by atoms with Crippen LogP contribution in [-0.4, -0.2) is 49.8 Å². The van der Waals surface area contributed by atoms with E-state index in [4.69, 9.17) is 26.4 Å². The van der Waals surface area contributed by atoms with Gasteiger partial charge in [0.15, 0.2) is 5.11 Å². The third kappa shape index (κ3) is 6.10. The van der Waals surface area contributed by atoms with Gasteiger partial charge >= 0.3 is 5.97 Å². The van der Waals surface area contributed by atoms with Gasteiger partial charge in [-0.15, -0.1) is 0 Å². The van der Waals surface area contributed by atoms with Gasteiger partial charge in [-0.1, -0.05) is 26.0 Å². The van der Waals surface area contributed by atoms with Crippen LogP contribution in [0.5, 0.6) is 11.5 Å². The molecule has 1 amide bonds. The average molecular weight is 498 g/mol. The second-order valence-electron chi connectivity index (χ2n) is 8.61. The van der Waals surface area contributed by atoms with Crippen molar-refractivity contribution in [3.05, 3.63) is 64.9 Å². The van der Waals surface area contributed by atoms with Gasteiger partial charge in [0.2, 0.25) is 0 Å². The molecule has 1 heterocycles. The van der Waals surface area contributed by atoms with Gasteiger partial charge in [0.1, 0.15) is 11.5 Å². The van der Waals surface area contributed by atoms with Gasteiger partial charge in [0, 0.05) is 30.1 Å². The molecule has 1 atom stereocenters. The van der Waals surface area contributed by atoms with Gasteiger partial charge in [-0.25, -0.2) is 4.79 Å². The lowest BCUT2D eigenvalue weighted by Gasteiger charge is -2.35. The van der Waals surface area contributed by atoms with Gasteiger partial charge in [-0.05, 0) is 54.9 Å². The van der Waals surface area contributed by atoms with E-state index in [1.54, 1.807) is 35.2 Å². The van der Waals surface area contributed by atoms with Crippen molar-refractivity contribution in [2.75, 3.05) is 33.2 Å². The molecule has 1 unspecified atom stereocenters. The Kier molecular flexibility index (Phi) is 8.34. The molecule has 186 valence electrons. The van der Waals surface area contributed by atoms with Crippen molar-refractivity contribution < 1.29 is 23.8 Å². The monoisotopic (exact) mass is 497 g/mol. The standard InChI is InChI=1S/C26H31N3O5S/c1-15(2)14-34-25(31)22-16(3)29(4)26(35)28-23(22)17-7-9-19(10-8-17)27-24(30)18-11-20(32-5)13-21(12-18)33-6/h7-13,15,23H,14H2,1-6H3,(H,27,30)(H,28,35). The molecule has 9 heteroatoms. The summed E-state index contributed by atoms with van der Waals surface area (Å²) in [5.74, 6) is 0.581. The van der Waals surface area contributed by atoms with E-state index in [1.807, 2.05) is 40.0 Å². The Morgan fingerprint density at radius 1 is 1.09 bits per heavy atom. The smallest absolute Gasteiger partial charge is 0.338 e. The summed E-state index contributed by atoms with van der Waals surface area (Å²) in [6, 6.07) is 11.7. The second-order valence-corrected chi connectivity index (χ2v) is 9.00. The van der Waals surface area contributed by atoms with Crippen molar-refractivity contribution in [2.45, 2.75) is 26.8 Å². The van der Waals surface area contributed by atoms with Crippen molar-refractivity contribution in [3.63, 3.8) is 0 Å². The maximum Gasteiger partial charge on any atom is 0.338 e. The quantitative estimate of drug-likeness (QED) is 0.413. The number of anilines is 1. The first-order valence-corrected chi connectivity index (χ1v) is 11.6. The molecule has 2 N–H and O–H groups in total. The summed E-state index contributed by atoms with van der Waals surface area (Å²) in [7, 11) is 4.87. The lowest BCUT2D eigenvalue weighted by atomic mass is 9.95. The number of rotatable bonds is 8. The zero-order valence-electron chi connectivity index (χ0n) is 20.8. The topological polar surface area (TPSA) is 89.1 Å². The molecule has 0 saturated carbocycles. The fourth-order valence-corrected chi connectivity index (χ4v) is 3.83. The van der Waals surface area contributed by atoms with Gasteiger partial charge in [0.05, 0.1) is 32.4 Å². The van der Waals surface area contributed by atoms with Gasteiger partial charge in [0.25, 0.3) is 5.91 Å². The first kappa shape index (κ1) is 26.0. The Labute approximate surface area is 211 Å². The Balaban J connectivity index is 1.83. The summed E-state index contributed by atoms with van der Waals surface area (Å²) in [4.78, 5) is 27.5. The van der Waals surface area contributed by atoms with Crippen LogP contribution in [0.4, 0.5) is 5.69 Å². The second kappa shape index (κ2) is 11.2. The van der Waals surface area contributed by atoms with E-state index in [1.165, 1.54) is 14.2 Å². The van der Waals surface area contributed by atoms with Crippen molar-refractivity contribution in [3.8, 4) is 11.5 Å². The lowest BCUT2D eigenvalue weighted by Crippen LogP contribution is -2.46. The van der Waals surface area contributed by atoms with Crippen LogP contribution in [0.3, 0.4) is 0 Å². The first-order chi connectivity index (χ1) is 16.6. The van der Waals surface area contributed by atoms with Crippen molar-refractivity contribution in [2.24, 2.45) is 5.92 Å². The molecule has 0 radical (unpaired) electrons. The first-order valence-electron chi connectivity index (χ1n) is 11.2. The molecule has 1 aliphatic rings. The number of esters is 1. The maximum atomic E-state index is 13.0. The molecule has 0 bridgehead atoms. The number of carbonyl (C=O) groups is 2. The Hall–Kier alpha value is -3.59. The van der Waals surface area contributed by atoms with E-state index < -0.39 is 6.04 Å². The Morgan fingerprint density at radius 2 is 1.69 bits per heavy atom. The number of benzene rings is 2. The third-order valence-electron chi connectivity index (χ3n) is 5.64. The third-order valence-corrected chi connectivity index (χ3v) is 6.03. The highest BCUT2D eigenvalue weighted by Gasteiger charge is 2.33. The van der Waals surface area contributed by atoms with Gasteiger partial charge < -0.3 is 29.7 Å². The molecule has 0 fully saturated rings. The number of hydrogen-bond donors (Lipinski definition) is 2. The largest absolute Gasteiger partial charge is 0.497 e. The van der Waals surface area contributed by atoms with Crippen molar-refractivity contribution in [1.82, 2.24) is 10.2 Å². The van der Waals surface area contributed by atoms with Crippen molar-refractivity contribution >= 4 is 34.9 Å². The molecule has 1 aliphatic heterocycles. The molecule has 2 aromatic carbocycles. The number of nitrogens with zero attached hydrogens (tertiary/aromatic N) is 1. The van der Waals surface area contributed by atoms with Crippen LogP contribution < -0.4 is 20.1 Å². The molecule has 0 spiro atoms. The zero-order chi connectivity index (χ0) is 25.7. The number of amides is 1. The number of ether oxygens (including phenoxy) is 3. The molecule has 0 saturated heterocycles. The van der Waals surface area contributed by atoms with E-state index in [2.05, 4.69) is 10.6 Å². The molecule has 2 aromatic rings. The fraction of sp³-hybridized carbons (Fsp3) is 0.346. The number of allylic oxidation sites excluding steroid dienone is 1. The predicted molar refractivity (Wildman–Crippen MR) is 139 cm³/mol. The summed E-state index contributed by atoms with van der Waals surface area (Å²) in [5, 5.41) is 6.61. The molecule has 35 heavy (non-hydrogen) atoms. The van der Waals surface area contributed by atoms with Gasteiger partial charge in [-0.3, -0.25) is 4.79 Å². The van der Waals surface area contributed by atoms with Crippen molar-refractivity contribution in [1.29, 1.82) is 0 Å². The van der Waals surface area contributed by atoms with E-state index in [0.717, 1.165) is 11.3 Å². The fourth-order valence-electron chi connectivity index (χ4n) is 3.57.